The molecule has 460 valence electrons. The fraction of sp³-hybridized carbons (Fsp3) is 0.743. The van der Waals surface area contributed by atoms with Gasteiger partial charge in [-0.05, 0) is 254 Å². The molecule has 1 aromatic heterocycles. The van der Waals surface area contributed by atoms with Crippen molar-refractivity contribution in [3.8, 4) is 23.7 Å². The van der Waals surface area contributed by atoms with Gasteiger partial charge in [0.2, 0.25) is 0 Å². The Labute approximate surface area is 505 Å². The minimum absolute atomic E-state index is 0.0705. The molecule has 10 heteroatoms. The lowest BCUT2D eigenvalue weighted by Gasteiger charge is -2.61. The number of benzene rings is 2. The van der Waals surface area contributed by atoms with Crippen LogP contribution < -0.4 is 5.32 Å². The first-order valence-electron chi connectivity index (χ1n) is 33.4. The summed E-state index contributed by atoms with van der Waals surface area (Å²) in [6.45, 7) is 25.1. The summed E-state index contributed by atoms with van der Waals surface area (Å²) in [5.74, 6) is 21.4. The molecule has 10 nitrogen and oxygen atoms in total. The number of nitrogens with zero attached hydrogens (tertiary/aromatic N) is 1. The lowest BCUT2D eigenvalue weighted by molar-refractivity contribution is -0.142. The smallest absolute Gasteiger partial charge is 0.407 e. The van der Waals surface area contributed by atoms with Crippen LogP contribution in [0.25, 0.3) is 21.8 Å². The van der Waals surface area contributed by atoms with E-state index in [4.69, 9.17) is 23.7 Å². The number of ether oxygens (including phenoxy) is 5. The zero-order valence-electron chi connectivity index (χ0n) is 53.9. The average molecular weight is 1150 g/mol. The highest BCUT2D eigenvalue weighted by molar-refractivity contribution is 6.08. The van der Waals surface area contributed by atoms with E-state index in [9.17, 15) is 14.4 Å². The van der Waals surface area contributed by atoms with E-state index in [1.807, 2.05) is 20.8 Å². The quantitative estimate of drug-likeness (QED) is 0.0857. The summed E-state index contributed by atoms with van der Waals surface area (Å²) in [5, 5.41) is 5.28. The molecule has 0 bridgehead atoms. The van der Waals surface area contributed by atoms with Crippen LogP contribution in [0.4, 0.5) is 4.79 Å². The van der Waals surface area contributed by atoms with Crippen LogP contribution in [0.3, 0.4) is 0 Å². The Balaban J connectivity index is 0.748. The molecule has 3 aromatic rings. The molecular weight excluding hydrogens is 1040 g/mol. The zero-order valence-corrected chi connectivity index (χ0v) is 53.9. The zero-order chi connectivity index (χ0) is 59.8. The van der Waals surface area contributed by atoms with E-state index < -0.39 is 11.7 Å². The highest BCUT2D eigenvalue weighted by Crippen LogP contribution is 2.69. The van der Waals surface area contributed by atoms with Gasteiger partial charge in [0.05, 0.1) is 37.5 Å². The number of carbonyl (C=O) groups excluding carboxylic acids is 3. The predicted octanol–water partition coefficient (Wildman–Crippen LogP) is 16.3. The van der Waals surface area contributed by atoms with Crippen LogP contribution in [0.5, 0.6) is 0 Å². The van der Waals surface area contributed by atoms with Crippen molar-refractivity contribution in [1.29, 1.82) is 0 Å². The number of alkyl carbamates (subject to hydrolysis) is 1. The van der Waals surface area contributed by atoms with E-state index in [0.717, 1.165) is 101 Å². The first kappa shape index (κ1) is 62.5. The molecule has 84 heavy (non-hydrogen) atoms. The Hall–Kier alpha value is -4.51. The molecule has 0 saturated heterocycles. The molecule has 1 N–H and O–H groups in total. The second kappa shape index (κ2) is 25.7. The van der Waals surface area contributed by atoms with E-state index in [0.29, 0.717) is 96.3 Å². The molecule has 17 atom stereocenters. The van der Waals surface area contributed by atoms with Crippen LogP contribution in [-0.2, 0) is 39.8 Å². The summed E-state index contributed by atoms with van der Waals surface area (Å²) < 4.78 is 31.1. The number of aromatic nitrogens is 1. The van der Waals surface area contributed by atoms with Gasteiger partial charge in [0, 0.05) is 47.8 Å². The third-order valence-corrected chi connectivity index (χ3v) is 25.1. The topological polar surface area (TPSA) is 114 Å². The minimum Gasteiger partial charge on any atom is -0.469 e. The van der Waals surface area contributed by atoms with Gasteiger partial charge < -0.3 is 33.6 Å². The van der Waals surface area contributed by atoms with Crippen molar-refractivity contribution in [3.05, 3.63) is 47.5 Å². The fourth-order valence-corrected chi connectivity index (χ4v) is 20.1. The maximum atomic E-state index is 12.8. The number of fused-ring (bicyclic) bond motifs is 11. The van der Waals surface area contributed by atoms with Gasteiger partial charge in [-0.15, -0.1) is 0 Å². The Kier molecular flexibility index (Phi) is 19.1. The monoisotopic (exact) mass is 1150 g/mol. The largest absolute Gasteiger partial charge is 0.469 e. The van der Waals surface area contributed by atoms with Crippen molar-refractivity contribution in [2.24, 2.45) is 86.8 Å². The number of amides is 1. The summed E-state index contributed by atoms with van der Waals surface area (Å²) in [7, 11) is 3.01. The van der Waals surface area contributed by atoms with Crippen molar-refractivity contribution in [2.75, 3.05) is 34.0 Å². The van der Waals surface area contributed by atoms with Crippen LogP contribution in [0.1, 0.15) is 215 Å². The molecule has 0 aliphatic heterocycles. The number of nitrogens with one attached hydrogen (secondary N) is 1. The fourth-order valence-electron chi connectivity index (χ4n) is 20.1. The van der Waals surface area contributed by atoms with Gasteiger partial charge in [-0.3, -0.25) is 9.59 Å². The molecule has 7 fully saturated rings. The Morgan fingerprint density at radius 2 is 1.20 bits per heavy atom. The maximum absolute atomic E-state index is 12.8. The predicted molar refractivity (Wildman–Crippen MR) is 336 cm³/mol. The van der Waals surface area contributed by atoms with Crippen molar-refractivity contribution < 1.29 is 38.1 Å². The first-order valence-corrected chi connectivity index (χ1v) is 33.4. The van der Waals surface area contributed by atoms with E-state index in [2.05, 4.69) is 118 Å². The van der Waals surface area contributed by atoms with Crippen LogP contribution in [0.2, 0.25) is 0 Å². The summed E-state index contributed by atoms with van der Waals surface area (Å²) in [6, 6.07) is 13.0. The molecule has 1 heterocycles. The van der Waals surface area contributed by atoms with E-state index in [1.54, 1.807) is 0 Å². The van der Waals surface area contributed by atoms with Gasteiger partial charge >= 0.3 is 18.0 Å². The first-order chi connectivity index (χ1) is 40.1. The Morgan fingerprint density at radius 3 is 1.80 bits per heavy atom. The van der Waals surface area contributed by atoms with Gasteiger partial charge in [0.25, 0.3) is 0 Å². The van der Waals surface area contributed by atoms with Crippen molar-refractivity contribution in [2.45, 2.75) is 228 Å². The van der Waals surface area contributed by atoms with Crippen LogP contribution in [-0.4, -0.2) is 74.4 Å². The van der Waals surface area contributed by atoms with Crippen LogP contribution in [0.15, 0.2) is 36.4 Å². The van der Waals surface area contributed by atoms with Gasteiger partial charge in [-0.2, -0.15) is 0 Å². The molecule has 1 amide bonds. The molecule has 2 aromatic carbocycles. The molecule has 0 radical (unpaired) electrons. The SMILES string of the molecule is COC(=O)CC[C@@H](C)C(C)C1(C)CCC2[C@@H](CC[C@@H]3C[C@H](OCC#Cc4ccc5c6ccc(C#CCO[C@@H]7CCC8(C)C(CC[C@@H]9C8CCC8(C)C([C@H](C)CCC(=O)OC)CC[C@@H]98)C7)cc6n(CCNC(=O)OC(C)(C)C)c5c4)CCC23C)C1. The number of hydrogen-bond donors (Lipinski definition) is 1. The van der Waals surface area contributed by atoms with Crippen molar-refractivity contribution in [1.82, 2.24) is 9.88 Å². The van der Waals surface area contributed by atoms with E-state index in [1.165, 1.54) is 97.7 Å². The second-order valence-electron chi connectivity index (χ2n) is 30.5. The summed E-state index contributed by atoms with van der Waals surface area (Å²) in [6.07, 6.45) is 24.5. The molecule has 10 rings (SSSR count). The number of methoxy groups -OCH3 is 2. The van der Waals surface area contributed by atoms with Gasteiger partial charge in [-0.1, -0.05) is 84.3 Å². The number of hydrogen-bond acceptors (Lipinski definition) is 8. The van der Waals surface area contributed by atoms with E-state index >= 15 is 0 Å². The normalized spacial score (nSPS) is 34.6. The Bertz CT molecular complexity index is 2970. The number of esters is 2. The third kappa shape index (κ3) is 13.0. The molecule has 9 unspecified atom stereocenters. The lowest BCUT2D eigenvalue weighted by Crippen LogP contribution is -2.54. The van der Waals surface area contributed by atoms with Gasteiger partial charge in [-0.25, -0.2) is 4.79 Å². The molecule has 7 aliphatic carbocycles. The number of rotatable bonds is 16. The highest BCUT2D eigenvalue weighted by atomic mass is 16.6. The molecule has 0 spiro atoms. The Morgan fingerprint density at radius 1 is 0.655 bits per heavy atom. The van der Waals surface area contributed by atoms with Gasteiger partial charge in [0.1, 0.15) is 18.8 Å². The van der Waals surface area contributed by atoms with Crippen molar-refractivity contribution in [3.63, 3.8) is 0 Å². The standard InChI is InChI=1S/C74H106N2O8/c1-48(17-29-67(77)80-11)50(3)71(7)35-33-62-53(47-71)21-22-54-45-56(31-36-72(54,62)8)82-41-13-15-51-19-24-58-59-25-20-52(44-66(59)76(65(58)43-51)40-39-75-69(79)84-70(4,5)6)16-14-42-83-57-32-37-73(9)55(46-57)23-26-60-63-28-27-61(49(2)18-30-68(78)81-12)74(63,10)38-34-64(60)73/h19-20,24-25,43-44,48-50,53-57,60-64H,17-18,21-23,26-42,45-47H2,1-12H3,(H,75,79)/t48-,49-,50?,53+,54-,55?,56-,57-,60+,61?,62?,63+,64?,71?,72?,73?,74?/m1/s1. The van der Waals surface area contributed by atoms with E-state index in [-0.39, 0.29) is 24.1 Å². The van der Waals surface area contributed by atoms with Gasteiger partial charge in [0.15, 0.2) is 0 Å². The second-order valence-corrected chi connectivity index (χ2v) is 30.5. The van der Waals surface area contributed by atoms with Crippen LogP contribution in [0, 0.1) is 110 Å². The molecule has 7 saturated carbocycles. The average Bonchev–Trinajstić information content (AvgIpc) is 1.43. The maximum Gasteiger partial charge on any atom is 0.407 e. The summed E-state index contributed by atoms with van der Waals surface area (Å²) in [4.78, 5) is 36.8. The van der Waals surface area contributed by atoms with Crippen molar-refractivity contribution >= 4 is 39.8 Å². The lowest BCUT2D eigenvalue weighted by atomic mass is 9.44. The minimum atomic E-state index is -0.584. The number of carbonyl (C=O) groups is 3. The molecular formula is C74H106N2O8. The summed E-state index contributed by atoms with van der Waals surface area (Å²) in [5.41, 5.74) is 4.92. The third-order valence-electron chi connectivity index (χ3n) is 25.1. The van der Waals surface area contributed by atoms with Crippen LogP contribution >= 0.6 is 0 Å². The summed E-state index contributed by atoms with van der Waals surface area (Å²) >= 11 is 0. The molecule has 7 aliphatic rings. The highest BCUT2D eigenvalue weighted by Gasteiger charge is 2.61.